The molecule has 0 atom stereocenters. The van der Waals surface area contributed by atoms with Crippen LogP contribution in [0.3, 0.4) is 0 Å². The Kier molecular flexibility index (Phi) is 2.61. The van der Waals surface area contributed by atoms with E-state index >= 15 is 0 Å². The molecule has 0 amide bonds. The summed E-state index contributed by atoms with van der Waals surface area (Å²) in [4.78, 5) is 3.97. The zero-order chi connectivity index (χ0) is 12.4. The van der Waals surface area contributed by atoms with Crippen molar-refractivity contribution in [3.8, 4) is 22.5 Å². The lowest BCUT2D eigenvalue weighted by Gasteiger charge is -2.02. The zero-order valence-electron chi connectivity index (χ0n) is 9.38. The minimum absolute atomic E-state index is 0.241. The first-order valence-electron chi connectivity index (χ1n) is 5.46. The monoisotopic (exact) mass is 240 g/mol. The third kappa shape index (κ3) is 2.00. The maximum atomic E-state index is 13.1. The van der Waals surface area contributed by atoms with Gasteiger partial charge in [0.15, 0.2) is 0 Å². The van der Waals surface area contributed by atoms with Crippen molar-refractivity contribution in [2.24, 2.45) is 0 Å². The van der Waals surface area contributed by atoms with Crippen LogP contribution in [0.25, 0.3) is 22.5 Å². The SMILES string of the molecule is Fc1cccc(-c2ccc(-c3ncon3)cc2)c1. The molecule has 0 aliphatic heterocycles. The van der Waals surface area contributed by atoms with Gasteiger partial charge in [0.2, 0.25) is 12.2 Å². The topological polar surface area (TPSA) is 38.9 Å². The van der Waals surface area contributed by atoms with Crippen molar-refractivity contribution >= 4 is 0 Å². The van der Waals surface area contributed by atoms with Crippen LogP contribution in [0.4, 0.5) is 4.39 Å². The predicted octanol–water partition coefficient (Wildman–Crippen LogP) is 3.54. The lowest BCUT2D eigenvalue weighted by atomic mass is 10.0. The summed E-state index contributed by atoms with van der Waals surface area (Å²) in [5, 5.41) is 3.76. The summed E-state index contributed by atoms with van der Waals surface area (Å²) in [6, 6.07) is 14.1. The van der Waals surface area contributed by atoms with Gasteiger partial charge in [0, 0.05) is 5.56 Å². The maximum absolute atomic E-state index is 13.1. The molecule has 2 aromatic carbocycles. The Morgan fingerprint density at radius 3 is 2.33 bits per heavy atom. The van der Waals surface area contributed by atoms with E-state index < -0.39 is 0 Å². The van der Waals surface area contributed by atoms with E-state index in [1.54, 1.807) is 6.07 Å². The van der Waals surface area contributed by atoms with Gasteiger partial charge in [0.05, 0.1) is 0 Å². The normalized spacial score (nSPS) is 10.5. The van der Waals surface area contributed by atoms with Crippen molar-refractivity contribution in [2.75, 3.05) is 0 Å². The molecule has 18 heavy (non-hydrogen) atoms. The number of rotatable bonds is 2. The maximum Gasteiger partial charge on any atom is 0.214 e. The van der Waals surface area contributed by atoms with Gasteiger partial charge in [-0.25, -0.2) is 4.39 Å². The van der Waals surface area contributed by atoms with Crippen molar-refractivity contribution in [1.82, 2.24) is 10.1 Å². The highest BCUT2D eigenvalue weighted by Crippen LogP contribution is 2.23. The second kappa shape index (κ2) is 4.41. The molecular formula is C14H9FN2O. The van der Waals surface area contributed by atoms with Crippen molar-refractivity contribution < 1.29 is 8.91 Å². The van der Waals surface area contributed by atoms with Crippen LogP contribution < -0.4 is 0 Å². The van der Waals surface area contributed by atoms with Crippen LogP contribution in [-0.4, -0.2) is 10.1 Å². The summed E-state index contributed by atoms with van der Waals surface area (Å²) in [6.45, 7) is 0. The van der Waals surface area contributed by atoms with Crippen LogP contribution in [0.5, 0.6) is 0 Å². The van der Waals surface area contributed by atoms with E-state index in [1.807, 2.05) is 30.3 Å². The molecule has 88 valence electrons. The lowest BCUT2D eigenvalue weighted by Crippen LogP contribution is -1.82. The van der Waals surface area contributed by atoms with Gasteiger partial charge in [0.1, 0.15) is 5.82 Å². The van der Waals surface area contributed by atoms with E-state index in [9.17, 15) is 4.39 Å². The van der Waals surface area contributed by atoms with Gasteiger partial charge in [-0.2, -0.15) is 4.98 Å². The number of hydrogen-bond acceptors (Lipinski definition) is 3. The molecule has 0 radical (unpaired) electrons. The Morgan fingerprint density at radius 2 is 1.67 bits per heavy atom. The second-order valence-corrected chi connectivity index (χ2v) is 3.84. The number of hydrogen-bond donors (Lipinski definition) is 0. The summed E-state index contributed by atoms with van der Waals surface area (Å²) in [6.07, 6.45) is 1.29. The van der Waals surface area contributed by atoms with Gasteiger partial charge < -0.3 is 4.52 Å². The van der Waals surface area contributed by atoms with Gasteiger partial charge in [-0.1, -0.05) is 41.6 Å². The van der Waals surface area contributed by atoms with Gasteiger partial charge in [0.25, 0.3) is 0 Å². The van der Waals surface area contributed by atoms with E-state index in [0.29, 0.717) is 5.82 Å². The molecular weight excluding hydrogens is 231 g/mol. The van der Waals surface area contributed by atoms with E-state index in [2.05, 4.69) is 14.7 Å². The quantitative estimate of drug-likeness (QED) is 0.687. The first-order chi connectivity index (χ1) is 8.83. The number of halogens is 1. The van der Waals surface area contributed by atoms with Crippen LogP contribution in [0, 0.1) is 5.82 Å². The fourth-order valence-corrected chi connectivity index (χ4v) is 1.78. The van der Waals surface area contributed by atoms with Gasteiger partial charge >= 0.3 is 0 Å². The summed E-state index contributed by atoms with van der Waals surface area (Å²) in [5.74, 6) is 0.301. The molecule has 4 heteroatoms. The van der Waals surface area contributed by atoms with Crippen LogP contribution in [0.15, 0.2) is 59.4 Å². The molecule has 0 bridgehead atoms. The summed E-state index contributed by atoms with van der Waals surface area (Å²) >= 11 is 0. The van der Waals surface area contributed by atoms with E-state index in [0.717, 1.165) is 16.7 Å². The van der Waals surface area contributed by atoms with Crippen molar-refractivity contribution in [1.29, 1.82) is 0 Å². The summed E-state index contributed by atoms with van der Waals surface area (Å²) in [5.41, 5.74) is 2.65. The number of aromatic nitrogens is 2. The minimum atomic E-state index is -0.241. The first kappa shape index (κ1) is 10.7. The third-order valence-electron chi connectivity index (χ3n) is 2.66. The molecule has 0 saturated carbocycles. The van der Waals surface area contributed by atoms with Gasteiger partial charge in [-0.15, -0.1) is 0 Å². The summed E-state index contributed by atoms with van der Waals surface area (Å²) in [7, 11) is 0. The molecule has 0 aliphatic carbocycles. The zero-order valence-corrected chi connectivity index (χ0v) is 9.38. The highest BCUT2D eigenvalue weighted by atomic mass is 19.1. The Hall–Kier alpha value is -2.49. The Bertz CT molecular complexity index is 648. The van der Waals surface area contributed by atoms with E-state index in [-0.39, 0.29) is 5.82 Å². The lowest BCUT2D eigenvalue weighted by molar-refractivity contribution is 0.419. The average molecular weight is 240 g/mol. The Morgan fingerprint density at radius 1 is 0.889 bits per heavy atom. The molecule has 3 nitrogen and oxygen atoms in total. The molecule has 1 aromatic heterocycles. The molecule has 3 rings (SSSR count). The largest absolute Gasteiger partial charge is 0.342 e. The van der Waals surface area contributed by atoms with Crippen molar-refractivity contribution in [3.63, 3.8) is 0 Å². The van der Waals surface area contributed by atoms with E-state index in [1.165, 1.54) is 18.5 Å². The molecule has 0 spiro atoms. The van der Waals surface area contributed by atoms with Gasteiger partial charge in [-0.3, -0.25) is 0 Å². The predicted molar refractivity (Wildman–Crippen MR) is 65.1 cm³/mol. The number of benzene rings is 2. The van der Waals surface area contributed by atoms with Gasteiger partial charge in [-0.05, 0) is 23.3 Å². The minimum Gasteiger partial charge on any atom is -0.342 e. The molecule has 0 unspecified atom stereocenters. The fourth-order valence-electron chi connectivity index (χ4n) is 1.78. The average Bonchev–Trinajstić information content (AvgIpc) is 2.93. The van der Waals surface area contributed by atoms with Crippen LogP contribution in [0.2, 0.25) is 0 Å². The third-order valence-corrected chi connectivity index (χ3v) is 2.66. The second-order valence-electron chi connectivity index (χ2n) is 3.84. The Balaban J connectivity index is 1.96. The molecule has 1 heterocycles. The van der Waals surface area contributed by atoms with Crippen LogP contribution in [-0.2, 0) is 0 Å². The standard InChI is InChI=1S/C14H9FN2O/c15-13-3-1-2-12(8-13)10-4-6-11(7-5-10)14-16-9-18-17-14/h1-9H. The molecule has 3 aromatic rings. The highest BCUT2D eigenvalue weighted by molar-refractivity contribution is 5.67. The molecule has 0 fully saturated rings. The molecule has 0 aliphatic rings. The van der Waals surface area contributed by atoms with E-state index in [4.69, 9.17) is 0 Å². The van der Waals surface area contributed by atoms with Crippen molar-refractivity contribution in [2.45, 2.75) is 0 Å². The van der Waals surface area contributed by atoms with Crippen LogP contribution in [0.1, 0.15) is 0 Å². The molecule has 0 N–H and O–H groups in total. The fraction of sp³-hybridized carbons (Fsp3) is 0. The molecule has 0 saturated heterocycles. The summed E-state index contributed by atoms with van der Waals surface area (Å²) < 4.78 is 17.8. The highest BCUT2D eigenvalue weighted by Gasteiger charge is 2.04. The Labute approximate surface area is 103 Å². The van der Waals surface area contributed by atoms with Crippen molar-refractivity contribution in [3.05, 3.63) is 60.7 Å². The first-order valence-corrected chi connectivity index (χ1v) is 5.46. The smallest absolute Gasteiger partial charge is 0.214 e. The van der Waals surface area contributed by atoms with Crippen LogP contribution >= 0.6 is 0 Å². The number of nitrogens with zero attached hydrogens (tertiary/aromatic N) is 2.